The zero-order valence-electron chi connectivity index (χ0n) is 21.1. The number of Topliss-reactive ketones (excluding diaryl/α,β-unsaturated/α-hetero) is 1. The van der Waals surface area contributed by atoms with Gasteiger partial charge in [0.25, 0.3) is 0 Å². The van der Waals surface area contributed by atoms with Gasteiger partial charge in [-0.15, -0.1) is 0 Å². The Morgan fingerprint density at radius 1 is 1.08 bits per heavy atom. The molecule has 11 heteroatoms. The smallest absolute Gasteiger partial charge is 0.229 e. The van der Waals surface area contributed by atoms with E-state index in [0.717, 1.165) is 12.8 Å². The molecule has 1 fully saturated rings. The lowest BCUT2D eigenvalue weighted by atomic mass is 10.1. The summed E-state index contributed by atoms with van der Waals surface area (Å²) in [6, 6.07) is 9.46. The first-order valence-electron chi connectivity index (χ1n) is 12.3. The maximum absolute atomic E-state index is 14.4. The van der Waals surface area contributed by atoms with Crippen molar-refractivity contribution in [3.63, 3.8) is 0 Å². The molecule has 2 aliphatic heterocycles. The maximum atomic E-state index is 14.4. The number of piperidine rings is 1. The van der Waals surface area contributed by atoms with Crippen molar-refractivity contribution < 1.29 is 32.3 Å². The number of ketones is 1. The van der Waals surface area contributed by atoms with Crippen LogP contribution in [-0.4, -0.2) is 70.1 Å². The fourth-order valence-electron chi connectivity index (χ4n) is 4.34. The van der Waals surface area contributed by atoms with Gasteiger partial charge in [0.15, 0.2) is 28.8 Å². The molecular weight excluding hydrogens is 513 g/mol. The molecule has 0 spiro atoms. The Hall–Kier alpha value is -3.57. The van der Waals surface area contributed by atoms with Gasteiger partial charge in [0, 0.05) is 40.6 Å². The van der Waals surface area contributed by atoms with Crippen LogP contribution in [0.5, 0.6) is 29.0 Å². The molecule has 0 N–H and O–H groups in total. The lowest BCUT2D eigenvalue weighted by molar-refractivity contribution is 0.0773. The zero-order valence-corrected chi connectivity index (χ0v) is 22.0. The molecule has 2 aliphatic rings. The standard InChI is InChI=1S/C27H28FN3O6S/c1-17-26(29-16-30-27(17)37-23-6-4-20(38(2)33)14-21(23)28)36-19-7-9-31(10-8-19)15-22(32)18-3-5-24-25(13-18)35-12-11-34-24/h3-6,13-14,16,19H,7-12,15H2,1-2H3. The van der Waals surface area contributed by atoms with Crippen molar-refractivity contribution in [2.45, 2.75) is 30.8 Å². The number of likely N-dealkylation sites (tertiary alicyclic amines) is 1. The van der Waals surface area contributed by atoms with E-state index in [1.54, 1.807) is 31.2 Å². The van der Waals surface area contributed by atoms with E-state index in [1.165, 1.54) is 24.7 Å². The number of ether oxygens (including phenoxy) is 4. The summed E-state index contributed by atoms with van der Waals surface area (Å²) in [4.78, 5) is 23.7. The number of carbonyl (C=O) groups excluding carboxylic acids is 1. The average Bonchev–Trinajstić information content (AvgIpc) is 2.92. The Morgan fingerprint density at radius 2 is 1.82 bits per heavy atom. The summed E-state index contributed by atoms with van der Waals surface area (Å²) in [6.07, 6.45) is 4.14. The fourth-order valence-corrected chi connectivity index (χ4v) is 4.87. The highest BCUT2D eigenvalue weighted by Gasteiger charge is 2.25. The van der Waals surface area contributed by atoms with Gasteiger partial charge in [-0.3, -0.25) is 13.9 Å². The van der Waals surface area contributed by atoms with Crippen molar-refractivity contribution in [3.05, 3.63) is 59.7 Å². The first-order valence-corrected chi connectivity index (χ1v) is 13.9. The second kappa shape index (κ2) is 11.4. The molecule has 0 saturated carbocycles. The molecule has 200 valence electrons. The predicted octanol–water partition coefficient (Wildman–Crippen LogP) is 3.95. The number of carbonyl (C=O) groups is 1. The molecule has 1 aromatic heterocycles. The molecule has 3 heterocycles. The van der Waals surface area contributed by atoms with Gasteiger partial charge in [-0.25, -0.2) is 14.4 Å². The van der Waals surface area contributed by atoms with E-state index < -0.39 is 16.6 Å². The number of hydrogen-bond donors (Lipinski definition) is 0. The van der Waals surface area contributed by atoms with Crippen molar-refractivity contribution in [1.29, 1.82) is 0 Å². The normalized spacial score (nSPS) is 16.6. The van der Waals surface area contributed by atoms with Crippen LogP contribution in [0.25, 0.3) is 0 Å². The summed E-state index contributed by atoms with van der Waals surface area (Å²) in [5.74, 6) is 1.19. The second-order valence-electron chi connectivity index (χ2n) is 9.13. The van der Waals surface area contributed by atoms with E-state index in [2.05, 4.69) is 14.9 Å². The number of aromatic nitrogens is 2. The van der Waals surface area contributed by atoms with Crippen LogP contribution in [0.4, 0.5) is 4.39 Å². The highest BCUT2D eigenvalue weighted by Crippen LogP contribution is 2.32. The molecule has 2 aromatic carbocycles. The molecule has 0 aliphatic carbocycles. The van der Waals surface area contributed by atoms with Crippen molar-refractivity contribution in [2.75, 3.05) is 39.1 Å². The van der Waals surface area contributed by atoms with E-state index in [0.29, 0.717) is 66.2 Å². The highest BCUT2D eigenvalue weighted by atomic mass is 32.2. The first kappa shape index (κ1) is 26.1. The molecule has 38 heavy (non-hydrogen) atoms. The summed E-state index contributed by atoms with van der Waals surface area (Å²) in [6.45, 7) is 4.45. The SMILES string of the molecule is Cc1c(Oc2ccc(S(C)=O)cc2F)ncnc1OC1CCN(CC(=O)c2ccc3c(c2)OCCO3)CC1. The third-order valence-electron chi connectivity index (χ3n) is 6.48. The molecule has 9 nitrogen and oxygen atoms in total. The number of rotatable bonds is 8. The zero-order chi connectivity index (χ0) is 26.6. The van der Waals surface area contributed by atoms with Gasteiger partial charge < -0.3 is 18.9 Å². The first-order chi connectivity index (χ1) is 18.4. The number of hydrogen-bond acceptors (Lipinski definition) is 9. The summed E-state index contributed by atoms with van der Waals surface area (Å²) in [7, 11) is -1.30. The number of nitrogens with zero attached hydrogens (tertiary/aromatic N) is 3. The quantitative estimate of drug-likeness (QED) is 0.393. The van der Waals surface area contributed by atoms with Crippen LogP contribution in [-0.2, 0) is 10.8 Å². The van der Waals surface area contributed by atoms with Gasteiger partial charge in [-0.1, -0.05) is 0 Å². The van der Waals surface area contributed by atoms with E-state index >= 15 is 0 Å². The van der Waals surface area contributed by atoms with Crippen LogP contribution in [0.15, 0.2) is 47.6 Å². The lowest BCUT2D eigenvalue weighted by Gasteiger charge is -2.31. The van der Waals surface area contributed by atoms with Crippen molar-refractivity contribution >= 4 is 16.6 Å². The molecule has 0 radical (unpaired) electrons. The molecule has 1 unspecified atom stereocenters. The molecule has 1 saturated heterocycles. The molecule has 3 aromatic rings. The van der Waals surface area contributed by atoms with Crippen LogP contribution in [0.3, 0.4) is 0 Å². The van der Waals surface area contributed by atoms with Gasteiger partial charge in [-0.2, -0.15) is 0 Å². The molecule has 1 atom stereocenters. The predicted molar refractivity (Wildman–Crippen MR) is 137 cm³/mol. The molecular formula is C27H28FN3O6S. The Morgan fingerprint density at radius 3 is 2.55 bits per heavy atom. The van der Waals surface area contributed by atoms with Crippen LogP contribution in [0, 0.1) is 12.7 Å². The fraction of sp³-hybridized carbons (Fsp3) is 0.370. The minimum Gasteiger partial charge on any atom is -0.486 e. The Bertz CT molecular complexity index is 1360. The minimum absolute atomic E-state index is 0.0251. The van der Waals surface area contributed by atoms with Crippen LogP contribution < -0.4 is 18.9 Å². The van der Waals surface area contributed by atoms with E-state index in [1.807, 2.05) is 0 Å². The summed E-state index contributed by atoms with van der Waals surface area (Å²) >= 11 is 0. The maximum Gasteiger partial charge on any atom is 0.229 e. The van der Waals surface area contributed by atoms with E-state index in [-0.39, 0.29) is 23.5 Å². The lowest BCUT2D eigenvalue weighted by Crippen LogP contribution is -2.41. The number of halogens is 1. The number of fused-ring (bicyclic) bond motifs is 1. The Balaban J connectivity index is 1.16. The van der Waals surface area contributed by atoms with Gasteiger partial charge >= 0.3 is 0 Å². The van der Waals surface area contributed by atoms with Gasteiger partial charge in [0.2, 0.25) is 11.8 Å². The molecule has 0 amide bonds. The minimum atomic E-state index is -1.30. The third-order valence-corrected chi connectivity index (χ3v) is 7.40. The van der Waals surface area contributed by atoms with Crippen molar-refractivity contribution in [3.8, 4) is 29.0 Å². The monoisotopic (exact) mass is 541 g/mol. The summed E-state index contributed by atoms with van der Waals surface area (Å²) in [5, 5.41) is 0. The largest absolute Gasteiger partial charge is 0.486 e. The van der Waals surface area contributed by atoms with Crippen LogP contribution >= 0.6 is 0 Å². The Labute approximate surface area is 222 Å². The van der Waals surface area contributed by atoms with Gasteiger partial charge in [0.05, 0.1) is 12.1 Å². The van der Waals surface area contributed by atoms with E-state index in [4.69, 9.17) is 18.9 Å². The van der Waals surface area contributed by atoms with E-state index in [9.17, 15) is 13.4 Å². The Kier molecular flexibility index (Phi) is 7.85. The topological polar surface area (TPSA) is 100 Å². The second-order valence-corrected chi connectivity index (χ2v) is 10.5. The van der Waals surface area contributed by atoms with Crippen molar-refractivity contribution in [1.82, 2.24) is 14.9 Å². The number of benzene rings is 2. The highest BCUT2D eigenvalue weighted by molar-refractivity contribution is 7.84. The average molecular weight is 542 g/mol. The van der Waals surface area contributed by atoms with Crippen LogP contribution in [0.1, 0.15) is 28.8 Å². The molecule has 5 rings (SSSR count). The van der Waals surface area contributed by atoms with Crippen molar-refractivity contribution in [2.24, 2.45) is 0 Å². The van der Waals surface area contributed by atoms with Gasteiger partial charge in [0.1, 0.15) is 25.6 Å². The third kappa shape index (κ3) is 5.94. The van der Waals surface area contributed by atoms with Crippen LogP contribution in [0.2, 0.25) is 0 Å². The van der Waals surface area contributed by atoms with Gasteiger partial charge in [-0.05, 0) is 56.2 Å². The summed E-state index contributed by atoms with van der Waals surface area (Å²) in [5.41, 5.74) is 1.15. The summed E-state index contributed by atoms with van der Waals surface area (Å²) < 4.78 is 48.9. The molecule has 0 bridgehead atoms.